The Morgan fingerprint density at radius 3 is 2.66 bits per heavy atom. The van der Waals surface area contributed by atoms with Gasteiger partial charge in [0.1, 0.15) is 5.54 Å². The zero-order valence-corrected chi connectivity index (χ0v) is 18.5. The number of piperazine rings is 1. The Morgan fingerprint density at radius 2 is 1.90 bits per heavy atom. The van der Waals surface area contributed by atoms with Gasteiger partial charge in [-0.1, -0.05) is 50.7 Å². The topological polar surface area (TPSA) is 64.7 Å². The van der Waals surface area contributed by atoms with Crippen molar-refractivity contribution in [1.82, 2.24) is 20.4 Å². The number of hydrogen-bond acceptors (Lipinski definition) is 3. The fraction of sp³-hybridized carbons (Fsp3) is 0.826. The molecule has 2 saturated heterocycles. The van der Waals surface area contributed by atoms with Gasteiger partial charge in [-0.2, -0.15) is 0 Å². The molecule has 3 fully saturated rings. The van der Waals surface area contributed by atoms with Crippen LogP contribution >= 0.6 is 0 Å². The van der Waals surface area contributed by atoms with Crippen LogP contribution in [0.5, 0.6) is 0 Å². The molecule has 0 spiro atoms. The van der Waals surface area contributed by atoms with Gasteiger partial charge in [-0.05, 0) is 45.6 Å². The van der Waals surface area contributed by atoms with Gasteiger partial charge < -0.3 is 15.5 Å². The van der Waals surface area contributed by atoms with Crippen molar-refractivity contribution in [3.8, 4) is 0 Å². The highest BCUT2D eigenvalue weighted by molar-refractivity contribution is 5.91. The van der Waals surface area contributed by atoms with Crippen LogP contribution in [0.1, 0.15) is 78.1 Å². The zero-order chi connectivity index (χ0) is 20.7. The van der Waals surface area contributed by atoms with Gasteiger partial charge in [-0.3, -0.25) is 9.69 Å². The first kappa shape index (κ1) is 22.1. The summed E-state index contributed by atoms with van der Waals surface area (Å²) in [6.45, 7) is 8.54. The van der Waals surface area contributed by atoms with Crippen molar-refractivity contribution in [2.75, 3.05) is 32.7 Å². The van der Waals surface area contributed by atoms with Crippen LogP contribution in [0, 0.1) is 0 Å². The summed E-state index contributed by atoms with van der Waals surface area (Å²) in [5, 5.41) is 6.11. The highest BCUT2D eigenvalue weighted by atomic mass is 16.2. The lowest BCUT2D eigenvalue weighted by Gasteiger charge is -2.44. The molecular weight excluding hydrogens is 364 g/mol. The van der Waals surface area contributed by atoms with E-state index in [-0.39, 0.29) is 11.9 Å². The molecule has 0 aromatic rings. The van der Waals surface area contributed by atoms with Crippen LogP contribution in [0.15, 0.2) is 11.6 Å². The fourth-order valence-electron chi connectivity index (χ4n) is 5.13. The van der Waals surface area contributed by atoms with Crippen LogP contribution in [0.2, 0.25) is 0 Å². The van der Waals surface area contributed by atoms with E-state index in [0.717, 1.165) is 58.2 Å². The second-order valence-electron chi connectivity index (χ2n) is 9.23. The maximum absolute atomic E-state index is 13.6. The molecule has 6 nitrogen and oxygen atoms in total. The third kappa shape index (κ3) is 5.74. The summed E-state index contributed by atoms with van der Waals surface area (Å²) in [5.41, 5.74) is 0.457. The first-order valence-electron chi connectivity index (χ1n) is 11.8. The molecule has 0 radical (unpaired) electrons. The van der Waals surface area contributed by atoms with Crippen LogP contribution in [0.3, 0.4) is 0 Å². The summed E-state index contributed by atoms with van der Waals surface area (Å²) in [4.78, 5) is 30.8. The minimum Gasteiger partial charge on any atom is -0.338 e. The minimum atomic E-state index is -0.719. The molecule has 2 aliphatic heterocycles. The predicted molar refractivity (Wildman–Crippen MR) is 117 cm³/mol. The minimum absolute atomic E-state index is 0.147. The summed E-state index contributed by atoms with van der Waals surface area (Å²) < 4.78 is 0. The van der Waals surface area contributed by atoms with Crippen molar-refractivity contribution in [2.24, 2.45) is 0 Å². The molecule has 6 heteroatoms. The number of carbonyl (C=O) groups is 2. The lowest BCUT2D eigenvalue weighted by molar-refractivity contribution is -0.142. The first-order valence-corrected chi connectivity index (χ1v) is 11.8. The number of unbranched alkanes of at least 4 members (excludes halogenated alkanes) is 2. The molecule has 164 valence electrons. The Morgan fingerprint density at radius 1 is 1.10 bits per heavy atom. The van der Waals surface area contributed by atoms with Crippen molar-refractivity contribution in [3.63, 3.8) is 0 Å². The molecule has 0 bridgehead atoms. The highest BCUT2D eigenvalue weighted by Gasteiger charge is 2.45. The van der Waals surface area contributed by atoms with E-state index in [2.05, 4.69) is 35.5 Å². The summed E-state index contributed by atoms with van der Waals surface area (Å²) >= 11 is 0. The predicted octanol–water partition coefficient (Wildman–Crippen LogP) is 3.43. The van der Waals surface area contributed by atoms with E-state index in [1.165, 1.54) is 37.8 Å². The molecule has 0 aromatic heterocycles. The molecule has 29 heavy (non-hydrogen) atoms. The molecule has 1 aliphatic carbocycles. The van der Waals surface area contributed by atoms with E-state index in [0.29, 0.717) is 12.6 Å². The fourth-order valence-corrected chi connectivity index (χ4v) is 5.13. The highest BCUT2D eigenvalue weighted by Crippen LogP contribution is 2.32. The second-order valence-corrected chi connectivity index (χ2v) is 9.23. The molecular formula is C23H40N4O2. The third-order valence-corrected chi connectivity index (χ3v) is 6.92. The quantitative estimate of drug-likeness (QED) is 0.505. The molecule has 3 amide bonds. The molecule has 1 atom stereocenters. The van der Waals surface area contributed by atoms with E-state index >= 15 is 0 Å². The van der Waals surface area contributed by atoms with Crippen molar-refractivity contribution >= 4 is 11.9 Å². The number of nitrogens with zero attached hydrogens (tertiary/aromatic N) is 2. The standard InChI is InChI=1S/C23H40N4O2/c1-3-4-6-10-19(2)17-24-22(29)25-23(12-7-5-8-13-23)21(28)27-16-15-26-14-9-11-20(26)18-27/h10,20H,3-9,11-18H2,1-2H3,(H2,24,25,29)/b19-10-. The smallest absolute Gasteiger partial charge is 0.315 e. The van der Waals surface area contributed by atoms with E-state index in [1.54, 1.807) is 0 Å². The summed E-state index contributed by atoms with van der Waals surface area (Å²) in [5.74, 6) is 0.147. The van der Waals surface area contributed by atoms with Crippen molar-refractivity contribution in [1.29, 1.82) is 0 Å². The third-order valence-electron chi connectivity index (χ3n) is 6.92. The van der Waals surface area contributed by atoms with Crippen molar-refractivity contribution in [2.45, 2.75) is 89.6 Å². The lowest BCUT2D eigenvalue weighted by Crippen LogP contribution is -2.65. The first-order chi connectivity index (χ1) is 14.0. The van der Waals surface area contributed by atoms with Crippen LogP contribution in [-0.4, -0.2) is 66.0 Å². The summed E-state index contributed by atoms with van der Waals surface area (Å²) in [7, 11) is 0. The average Bonchev–Trinajstić information content (AvgIpc) is 3.20. The monoisotopic (exact) mass is 404 g/mol. The number of nitrogens with one attached hydrogen (secondary N) is 2. The number of amides is 3. The summed E-state index contributed by atoms with van der Waals surface area (Å²) in [6.07, 6.45) is 12.7. The van der Waals surface area contributed by atoms with E-state index < -0.39 is 5.54 Å². The van der Waals surface area contributed by atoms with Crippen LogP contribution in [0.4, 0.5) is 4.79 Å². The van der Waals surface area contributed by atoms with Gasteiger partial charge in [0.2, 0.25) is 5.91 Å². The van der Waals surface area contributed by atoms with Gasteiger partial charge in [-0.15, -0.1) is 0 Å². The molecule has 2 N–H and O–H groups in total. The maximum atomic E-state index is 13.6. The molecule has 1 unspecified atom stereocenters. The van der Waals surface area contributed by atoms with Crippen molar-refractivity contribution < 1.29 is 9.59 Å². The SMILES string of the molecule is CCCC/C=C(/C)CNC(=O)NC1(C(=O)N2CCN3CCCC3C2)CCCCC1. The lowest BCUT2D eigenvalue weighted by atomic mass is 9.80. The molecule has 2 heterocycles. The number of rotatable bonds is 7. The number of carbonyl (C=O) groups excluding carboxylic acids is 2. The Balaban J connectivity index is 1.58. The van der Waals surface area contributed by atoms with E-state index in [1.807, 2.05) is 4.90 Å². The number of urea groups is 1. The normalized spacial score (nSPS) is 24.8. The Labute approximate surface area is 176 Å². The summed E-state index contributed by atoms with van der Waals surface area (Å²) in [6, 6.07) is 0.307. The molecule has 3 rings (SSSR count). The number of hydrogen-bond donors (Lipinski definition) is 2. The second kappa shape index (κ2) is 10.5. The Kier molecular flexibility index (Phi) is 7.99. The average molecular weight is 405 g/mol. The Bertz CT molecular complexity index is 598. The van der Waals surface area contributed by atoms with Crippen LogP contribution in [-0.2, 0) is 4.79 Å². The maximum Gasteiger partial charge on any atom is 0.315 e. The number of allylic oxidation sites excluding steroid dienone is 1. The number of fused-ring (bicyclic) bond motifs is 1. The van der Waals surface area contributed by atoms with Crippen molar-refractivity contribution in [3.05, 3.63) is 11.6 Å². The van der Waals surface area contributed by atoms with E-state index in [4.69, 9.17) is 0 Å². The van der Waals surface area contributed by atoms with Gasteiger partial charge in [0.25, 0.3) is 0 Å². The van der Waals surface area contributed by atoms with Gasteiger partial charge >= 0.3 is 6.03 Å². The van der Waals surface area contributed by atoms with Crippen LogP contribution < -0.4 is 10.6 Å². The largest absolute Gasteiger partial charge is 0.338 e. The van der Waals surface area contributed by atoms with Gasteiger partial charge in [-0.25, -0.2) is 4.79 Å². The molecule has 1 saturated carbocycles. The van der Waals surface area contributed by atoms with Gasteiger partial charge in [0.05, 0.1) is 0 Å². The van der Waals surface area contributed by atoms with Gasteiger partial charge in [0.15, 0.2) is 0 Å². The Hall–Kier alpha value is -1.56. The molecule has 0 aromatic carbocycles. The van der Waals surface area contributed by atoms with E-state index in [9.17, 15) is 9.59 Å². The van der Waals surface area contributed by atoms with Crippen LogP contribution in [0.25, 0.3) is 0 Å². The van der Waals surface area contributed by atoms with Gasteiger partial charge in [0, 0.05) is 32.2 Å². The molecule has 3 aliphatic rings. The zero-order valence-electron chi connectivity index (χ0n) is 18.5.